The Hall–Kier alpha value is -0.610. The van der Waals surface area contributed by atoms with Gasteiger partial charge in [-0.05, 0) is 12.8 Å². The number of hydrogen-bond donors (Lipinski definition) is 2. The van der Waals surface area contributed by atoms with E-state index in [0.717, 1.165) is 39.1 Å². The van der Waals surface area contributed by atoms with Crippen molar-refractivity contribution in [3.63, 3.8) is 0 Å². The minimum Gasteiger partial charge on any atom is -0.380 e. The minimum absolute atomic E-state index is 0.172. The van der Waals surface area contributed by atoms with Crippen LogP contribution in [0.2, 0.25) is 0 Å². The quantitative estimate of drug-likeness (QED) is 0.606. The third-order valence-corrected chi connectivity index (χ3v) is 2.29. The van der Waals surface area contributed by atoms with Gasteiger partial charge in [0.15, 0.2) is 0 Å². The molecule has 1 atom stereocenters. The summed E-state index contributed by atoms with van der Waals surface area (Å²) in [7, 11) is 0. The van der Waals surface area contributed by atoms with Crippen LogP contribution in [0.1, 0.15) is 26.2 Å². The first-order valence-corrected chi connectivity index (χ1v) is 5.40. The second-order valence-corrected chi connectivity index (χ2v) is 3.61. The number of carbonyl (C=O) groups excluding carboxylic acids is 1. The Kier molecular flexibility index (Phi) is 5.56. The summed E-state index contributed by atoms with van der Waals surface area (Å²) in [5.74, 6) is 0.172. The van der Waals surface area contributed by atoms with Crippen LogP contribution in [0.25, 0.3) is 0 Å². The summed E-state index contributed by atoms with van der Waals surface area (Å²) in [5, 5.41) is 6.20. The summed E-state index contributed by atoms with van der Waals surface area (Å²) >= 11 is 0. The third kappa shape index (κ3) is 4.58. The number of carbonyl (C=O) groups is 1. The molecule has 0 saturated carbocycles. The van der Waals surface area contributed by atoms with Gasteiger partial charge in [0.2, 0.25) is 5.91 Å². The van der Waals surface area contributed by atoms with Crippen molar-refractivity contribution >= 4 is 5.91 Å². The van der Waals surface area contributed by atoms with E-state index in [1.54, 1.807) is 0 Å². The predicted molar refractivity (Wildman–Crippen MR) is 55.1 cm³/mol. The molecule has 1 aliphatic rings. The average Bonchev–Trinajstić information content (AvgIpc) is 2.21. The fraction of sp³-hybridized carbons (Fsp3) is 0.900. The Balaban J connectivity index is 1.94. The van der Waals surface area contributed by atoms with Crippen LogP contribution in [0.5, 0.6) is 0 Å². The van der Waals surface area contributed by atoms with Crippen molar-refractivity contribution in [1.29, 1.82) is 0 Å². The summed E-state index contributed by atoms with van der Waals surface area (Å²) in [6.07, 6.45) is 2.66. The smallest absolute Gasteiger partial charge is 0.220 e. The molecule has 0 aromatic heterocycles. The Morgan fingerprint density at radius 2 is 2.43 bits per heavy atom. The van der Waals surface area contributed by atoms with Gasteiger partial charge in [0.05, 0.1) is 6.61 Å². The molecule has 0 bridgehead atoms. The lowest BCUT2D eigenvalue weighted by molar-refractivity contribution is -0.122. The topological polar surface area (TPSA) is 50.4 Å². The first-order chi connectivity index (χ1) is 6.83. The van der Waals surface area contributed by atoms with Crippen molar-refractivity contribution in [3.05, 3.63) is 0 Å². The molecule has 0 aromatic carbocycles. The van der Waals surface area contributed by atoms with Crippen molar-refractivity contribution in [3.8, 4) is 0 Å². The van der Waals surface area contributed by atoms with E-state index in [2.05, 4.69) is 17.6 Å². The molecule has 82 valence electrons. The van der Waals surface area contributed by atoms with Crippen molar-refractivity contribution in [1.82, 2.24) is 10.6 Å². The molecule has 0 radical (unpaired) electrons. The maximum atomic E-state index is 10.9. The fourth-order valence-corrected chi connectivity index (χ4v) is 1.49. The second kappa shape index (κ2) is 6.79. The maximum Gasteiger partial charge on any atom is 0.220 e. The molecule has 14 heavy (non-hydrogen) atoms. The van der Waals surface area contributed by atoms with Crippen LogP contribution >= 0.6 is 0 Å². The minimum atomic E-state index is 0.172. The lowest BCUT2D eigenvalue weighted by atomic mass is 10.1. The lowest BCUT2D eigenvalue weighted by Gasteiger charge is -2.23. The van der Waals surface area contributed by atoms with E-state index in [4.69, 9.17) is 4.74 Å². The monoisotopic (exact) mass is 200 g/mol. The van der Waals surface area contributed by atoms with Gasteiger partial charge >= 0.3 is 0 Å². The van der Waals surface area contributed by atoms with E-state index in [1.807, 2.05) is 0 Å². The summed E-state index contributed by atoms with van der Waals surface area (Å²) in [6.45, 7) is 5.33. The zero-order chi connectivity index (χ0) is 10.2. The van der Waals surface area contributed by atoms with E-state index in [9.17, 15) is 4.79 Å². The number of rotatable bonds is 6. The standard InChI is InChI=1S/C10H20N2O2/c1-2-6-14-7-5-11-9-3-4-10(13)12-8-9/h9,11H,2-8H2,1H3,(H,12,13). The highest BCUT2D eigenvalue weighted by atomic mass is 16.5. The molecule has 0 aromatic rings. The first kappa shape index (κ1) is 11.5. The highest BCUT2D eigenvalue weighted by Crippen LogP contribution is 2.01. The molecule has 0 spiro atoms. The van der Waals surface area contributed by atoms with Gasteiger partial charge in [-0.2, -0.15) is 0 Å². The summed E-state index contributed by atoms with van der Waals surface area (Å²) in [4.78, 5) is 10.9. The van der Waals surface area contributed by atoms with Gasteiger partial charge in [-0.1, -0.05) is 6.92 Å². The third-order valence-electron chi connectivity index (χ3n) is 2.29. The van der Waals surface area contributed by atoms with E-state index in [0.29, 0.717) is 12.5 Å². The molecule has 1 rings (SSSR count). The first-order valence-electron chi connectivity index (χ1n) is 5.40. The molecule has 1 unspecified atom stereocenters. The number of piperidine rings is 1. The zero-order valence-electron chi connectivity index (χ0n) is 8.84. The lowest BCUT2D eigenvalue weighted by Crippen LogP contribution is -2.46. The molecule has 1 heterocycles. The summed E-state index contributed by atoms with van der Waals surface area (Å²) < 4.78 is 5.35. The molecule has 4 nitrogen and oxygen atoms in total. The second-order valence-electron chi connectivity index (χ2n) is 3.61. The van der Waals surface area contributed by atoms with Gasteiger partial charge in [0.25, 0.3) is 0 Å². The van der Waals surface area contributed by atoms with Crippen molar-refractivity contribution in [2.24, 2.45) is 0 Å². The molecule has 1 amide bonds. The van der Waals surface area contributed by atoms with E-state index < -0.39 is 0 Å². The zero-order valence-corrected chi connectivity index (χ0v) is 8.84. The molecule has 2 N–H and O–H groups in total. The average molecular weight is 200 g/mol. The molecule has 0 aliphatic carbocycles. The molecular formula is C10H20N2O2. The van der Waals surface area contributed by atoms with Crippen LogP contribution in [-0.4, -0.2) is 38.3 Å². The Morgan fingerprint density at radius 1 is 1.57 bits per heavy atom. The Bertz CT molecular complexity index is 164. The van der Waals surface area contributed by atoms with E-state index in [-0.39, 0.29) is 5.91 Å². The molecule has 1 saturated heterocycles. The molecule has 1 fully saturated rings. The normalized spacial score (nSPS) is 22.1. The van der Waals surface area contributed by atoms with E-state index in [1.165, 1.54) is 0 Å². The number of amides is 1. The van der Waals surface area contributed by atoms with Crippen LogP contribution in [0.3, 0.4) is 0 Å². The summed E-state index contributed by atoms with van der Waals surface area (Å²) in [6, 6.07) is 0.429. The highest BCUT2D eigenvalue weighted by Gasteiger charge is 2.16. The van der Waals surface area contributed by atoms with Crippen molar-refractivity contribution in [2.45, 2.75) is 32.2 Å². The fourth-order valence-electron chi connectivity index (χ4n) is 1.49. The molecule has 4 heteroatoms. The van der Waals surface area contributed by atoms with Crippen molar-refractivity contribution < 1.29 is 9.53 Å². The summed E-state index contributed by atoms with van der Waals surface area (Å²) in [5.41, 5.74) is 0. The van der Waals surface area contributed by atoms with Gasteiger partial charge in [0, 0.05) is 32.2 Å². The van der Waals surface area contributed by atoms with Crippen molar-refractivity contribution in [2.75, 3.05) is 26.3 Å². The van der Waals surface area contributed by atoms with Gasteiger partial charge in [-0.15, -0.1) is 0 Å². The Labute approximate surface area is 85.4 Å². The largest absolute Gasteiger partial charge is 0.380 e. The van der Waals surface area contributed by atoms with Crippen LogP contribution in [0.4, 0.5) is 0 Å². The number of nitrogens with one attached hydrogen (secondary N) is 2. The maximum absolute atomic E-state index is 10.9. The molecule has 1 aliphatic heterocycles. The predicted octanol–water partition coefficient (Wildman–Crippen LogP) is 0.281. The SMILES string of the molecule is CCCOCCNC1CCC(=O)NC1. The Morgan fingerprint density at radius 3 is 3.07 bits per heavy atom. The van der Waals surface area contributed by atoms with Crippen LogP contribution in [0.15, 0.2) is 0 Å². The number of hydrogen-bond acceptors (Lipinski definition) is 3. The van der Waals surface area contributed by atoms with Gasteiger partial charge in [-0.3, -0.25) is 4.79 Å². The van der Waals surface area contributed by atoms with Gasteiger partial charge in [-0.25, -0.2) is 0 Å². The van der Waals surface area contributed by atoms with Gasteiger partial charge < -0.3 is 15.4 Å². The van der Waals surface area contributed by atoms with Crippen LogP contribution in [0, 0.1) is 0 Å². The van der Waals surface area contributed by atoms with Crippen LogP contribution in [-0.2, 0) is 9.53 Å². The number of ether oxygens (including phenoxy) is 1. The van der Waals surface area contributed by atoms with Gasteiger partial charge in [0.1, 0.15) is 0 Å². The van der Waals surface area contributed by atoms with Crippen LogP contribution < -0.4 is 10.6 Å². The molecular weight excluding hydrogens is 180 g/mol. The van der Waals surface area contributed by atoms with E-state index >= 15 is 0 Å². The highest BCUT2D eigenvalue weighted by molar-refractivity contribution is 5.76.